The van der Waals surface area contributed by atoms with E-state index in [4.69, 9.17) is 0 Å². The Morgan fingerprint density at radius 2 is 1.76 bits per heavy atom. The number of aromatic nitrogens is 2. The van der Waals surface area contributed by atoms with Gasteiger partial charge in [0.15, 0.2) is 0 Å². The number of imidazole rings is 1. The van der Waals surface area contributed by atoms with E-state index in [1.807, 2.05) is 6.92 Å². The number of halogens is 1. The molecule has 0 saturated carbocycles. The number of piperidine rings is 1. The molecule has 1 saturated heterocycles. The predicted octanol–water partition coefficient (Wildman–Crippen LogP) is 2.18. The zero-order chi connectivity index (χ0) is 24.3. The van der Waals surface area contributed by atoms with Crippen LogP contribution in [0.25, 0.3) is 5.69 Å². The quantitative estimate of drug-likeness (QED) is 0.538. The van der Waals surface area contributed by atoms with Gasteiger partial charge < -0.3 is 0 Å². The topological polar surface area (TPSA) is 113 Å². The van der Waals surface area contributed by atoms with E-state index >= 15 is 0 Å². The average Bonchev–Trinajstić information content (AvgIpc) is 3.33. The van der Waals surface area contributed by atoms with Crippen molar-refractivity contribution in [1.29, 1.82) is 0 Å². The maximum atomic E-state index is 13.2. The van der Waals surface area contributed by atoms with Crippen LogP contribution in [0.5, 0.6) is 0 Å². The molecule has 178 valence electrons. The Morgan fingerprint density at radius 3 is 2.47 bits per heavy atom. The second-order valence-electron chi connectivity index (χ2n) is 8.08. The van der Waals surface area contributed by atoms with Crippen molar-refractivity contribution < 1.29 is 22.4 Å². The molecular weight excluding hydrogens is 461 g/mol. The molecule has 0 bridgehead atoms. The molecule has 1 fully saturated rings. The first-order valence-electron chi connectivity index (χ1n) is 10.7. The lowest BCUT2D eigenvalue weighted by Crippen LogP contribution is -2.50. The normalized spacial score (nSPS) is 16.7. The van der Waals surface area contributed by atoms with Gasteiger partial charge in [-0.05, 0) is 56.2 Å². The number of hydrogen-bond donors (Lipinski definition) is 2. The first kappa shape index (κ1) is 23.6. The van der Waals surface area contributed by atoms with E-state index in [1.54, 1.807) is 24.3 Å². The minimum atomic E-state index is -3.72. The van der Waals surface area contributed by atoms with Crippen LogP contribution < -0.4 is 10.9 Å². The number of nitrogens with one attached hydrogen (secondary N) is 2. The van der Waals surface area contributed by atoms with Crippen molar-refractivity contribution >= 4 is 21.8 Å². The van der Waals surface area contributed by atoms with Gasteiger partial charge in [0.1, 0.15) is 11.5 Å². The molecule has 1 aliphatic heterocycles. The molecular formula is C23H24FN5O4S. The van der Waals surface area contributed by atoms with Crippen LogP contribution in [-0.4, -0.2) is 47.2 Å². The number of nitrogens with zero attached hydrogens (tertiary/aromatic N) is 3. The largest absolute Gasteiger partial charge is 0.295 e. The number of hydrazine groups is 1. The number of rotatable bonds is 5. The van der Waals surface area contributed by atoms with Crippen molar-refractivity contribution in [2.75, 3.05) is 13.1 Å². The van der Waals surface area contributed by atoms with E-state index in [2.05, 4.69) is 15.8 Å². The van der Waals surface area contributed by atoms with Crippen molar-refractivity contribution in [3.05, 3.63) is 78.1 Å². The lowest BCUT2D eigenvalue weighted by atomic mass is 9.99. The summed E-state index contributed by atoms with van der Waals surface area (Å²) in [4.78, 5) is 29.5. The summed E-state index contributed by atoms with van der Waals surface area (Å²) < 4.78 is 41.9. The highest BCUT2D eigenvalue weighted by molar-refractivity contribution is 7.89. The summed E-state index contributed by atoms with van der Waals surface area (Å²) in [5.74, 6) is -2.12. The highest BCUT2D eigenvalue weighted by Gasteiger charge is 2.33. The third-order valence-electron chi connectivity index (χ3n) is 5.69. The Balaban J connectivity index is 1.39. The lowest BCUT2D eigenvalue weighted by Gasteiger charge is -2.31. The smallest absolute Gasteiger partial charge is 0.288 e. The predicted molar refractivity (Wildman–Crippen MR) is 122 cm³/mol. The maximum Gasteiger partial charge on any atom is 0.288 e. The number of benzene rings is 2. The number of amides is 2. The molecule has 9 nitrogen and oxygen atoms in total. The van der Waals surface area contributed by atoms with Crippen LogP contribution in [0.1, 0.15) is 28.9 Å². The fourth-order valence-corrected chi connectivity index (χ4v) is 5.31. The van der Waals surface area contributed by atoms with Crippen molar-refractivity contribution in [1.82, 2.24) is 24.7 Å². The molecule has 0 unspecified atom stereocenters. The van der Waals surface area contributed by atoms with Gasteiger partial charge in [-0.15, -0.1) is 0 Å². The monoisotopic (exact) mass is 485 g/mol. The Kier molecular flexibility index (Phi) is 6.75. The molecule has 0 spiro atoms. The number of aryl methyl sites for hydroxylation is 1. The van der Waals surface area contributed by atoms with E-state index in [1.165, 1.54) is 45.7 Å². The molecule has 2 N–H and O–H groups in total. The van der Waals surface area contributed by atoms with Gasteiger partial charge in [-0.3, -0.25) is 25.0 Å². The minimum absolute atomic E-state index is 0.0193. The summed E-state index contributed by atoms with van der Waals surface area (Å²) in [6, 6.07) is 12.1. The molecule has 1 aliphatic rings. The van der Waals surface area contributed by atoms with Gasteiger partial charge >= 0.3 is 0 Å². The lowest BCUT2D eigenvalue weighted by molar-refractivity contribution is -0.126. The number of carbonyl (C=O) groups is 2. The zero-order valence-corrected chi connectivity index (χ0v) is 19.3. The van der Waals surface area contributed by atoms with Crippen LogP contribution in [-0.2, 0) is 14.8 Å². The molecule has 2 amide bonds. The molecule has 2 heterocycles. The Labute approximate surface area is 196 Å². The van der Waals surface area contributed by atoms with Crippen LogP contribution in [0.2, 0.25) is 0 Å². The Morgan fingerprint density at radius 1 is 1.06 bits per heavy atom. The molecule has 0 radical (unpaired) electrons. The maximum absolute atomic E-state index is 13.2. The van der Waals surface area contributed by atoms with Gasteiger partial charge in [0.2, 0.25) is 15.9 Å². The van der Waals surface area contributed by atoms with Gasteiger partial charge in [-0.2, -0.15) is 4.31 Å². The highest BCUT2D eigenvalue weighted by atomic mass is 32.2. The molecule has 2 aromatic carbocycles. The van der Waals surface area contributed by atoms with Crippen molar-refractivity contribution in [3.63, 3.8) is 0 Å². The van der Waals surface area contributed by atoms with Crippen LogP contribution >= 0.6 is 0 Å². The third-order valence-corrected chi connectivity index (χ3v) is 7.57. The van der Waals surface area contributed by atoms with Crippen LogP contribution in [0.3, 0.4) is 0 Å². The van der Waals surface area contributed by atoms with Gasteiger partial charge in [0, 0.05) is 18.8 Å². The summed E-state index contributed by atoms with van der Waals surface area (Å²) in [6.45, 7) is 2.22. The zero-order valence-electron chi connectivity index (χ0n) is 18.4. The molecule has 4 rings (SSSR count). The third kappa shape index (κ3) is 5.00. The van der Waals surface area contributed by atoms with E-state index in [9.17, 15) is 22.4 Å². The van der Waals surface area contributed by atoms with E-state index in [0.717, 1.165) is 5.56 Å². The molecule has 11 heteroatoms. The van der Waals surface area contributed by atoms with Crippen LogP contribution in [0.4, 0.5) is 4.39 Å². The van der Waals surface area contributed by atoms with Crippen LogP contribution in [0.15, 0.2) is 66.0 Å². The first-order valence-corrected chi connectivity index (χ1v) is 12.1. The Hall–Kier alpha value is -3.57. The van der Waals surface area contributed by atoms with Gasteiger partial charge in [-0.1, -0.05) is 17.7 Å². The van der Waals surface area contributed by atoms with E-state index < -0.39 is 33.6 Å². The van der Waals surface area contributed by atoms with Crippen molar-refractivity contribution in [2.45, 2.75) is 24.7 Å². The fourth-order valence-electron chi connectivity index (χ4n) is 3.79. The summed E-state index contributed by atoms with van der Waals surface area (Å²) in [5.41, 5.74) is 6.36. The van der Waals surface area contributed by atoms with Crippen molar-refractivity contribution in [2.24, 2.45) is 5.92 Å². The highest BCUT2D eigenvalue weighted by Crippen LogP contribution is 2.24. The number of hydrogen-bond acceptors (Lipinski definition) is 5. The average molecular weight is 486 g/mol. The van der Waals surface area contributed by atoms with E-state index in [-0.39, 0.29) is 17.1 Å². The second kappa shape index (κ2) is 9.74. The van der Waals surface area contributed by atoms with Crippen molar-refractivity contribution in [3.8, 4) is 5.69 Å². The van der Waals surface area contributed by atoms with Crippen LogP contribution in [0, 0.1) is 18.7 Å². The van der Waals surface area contributed by atoms with Gasteiger partial charge in [0.05, 0.1) is 23.3 Å². The molecule has 1 aromatic heterocycles. The molecule has 0 aliphatic carbocycles. The Bertz CT molecular complexity index is 1290. The summed E-state index contributed by atoms with van der Waals surface area (Å²) in [7, 11) is -3.72. The number of sulfonamides is 1. The number of carbonyl (C=O) groups excluding carboxylic acids is 2. The SMILES string of the molecule is Cc1ccc(S(=O)(=O)N2CCC[C@H](C(=O)NNC(=O)c3cncn3-c3ccc(F)cc3)C2)cc1. The summed E-state index contributed by atoms with van der Waals surface area (Å²) in [5, 5.41) is 0. The molecule has 3 aromatic rings. The van der Waals surface area contributed by atoms with Gasteiger partial charge in [-0.25, -0.2) is 17.8 Å². The minimum Gasteiger partial charge on any atom is -0.295 e. The second-order valence-corrected chi connectivity index (χ2v) is 10.0. The standard InChI is InChI=1S/C23H24FN5O4S/c1-16-4-10-20(11-5-16)34(32,33)28-12-2-3-17(14-28)22(30)26-27-23(31)21-13-25-15-29(21)19-8-6-18(24)7-9-19/h4-11,13,15,17H,2-3,12,14H2,1H3,(H,26,30)(H,27,31)/t17-/m0/s1. The fraction of sp³-hybridized carbons (Fsp3) is 0.261. The molecule has 1 atom stereocenters. The summed E-state index contributed by atoms with van der Waals surface area (Å²) in [6.07, 6.45) is 3.74. The van der Waals surface area contributed by atoms with E-state index in [0.29, 0.717) is 25.1 Å². The first-order chi connectivity index (χ1) is 16.3. The summed E-state index contributed by atoms with van der Waals surface area (Å²) >= 11 is 0. The molecule has 34 heavy (non-hydrogen) atoms. The van der Waals surface area contributed by atoms with Gasteiger partial charge in [0.25, 0.3) is 5.91 Å².